The van der Waals surface area contributed by atoms with E-state index in [9.17, 15) is 4.39 Å². The molecule has 1 rings (SSSR count). The first kappa shape index (κ1) is 12.4. The lowest BCUT2D eigenvalue weighted by atomic mass is 10.1. The van der Waals surface area contributed by atoms with Crippen molar-refractivity contribution < 1.29 is 4.39 Å². The van der Waals surface area contributed by atoms with Gasteiger partial charge in [-0.2, -0.15) is 0 Å². The van der Waals surface area contributed by atoms with Gasteiger partial charge in [0, 0.05) is 10.6 Å². The number of hydrogen-bond donors (Lipinski definition) is 1. The van der Waals surface area contributed by atoms with Crippen molar-refractivity contribution in [3.63, 3.8) is 0 Å². The predicted octanol–water partition coefficient (Wildman–Crippen LogP) is 3.94. The fourth-order valence-corrected chi connectivity index (χ4v) is 2.31. The van der Waals surface area contributed by atoms with Gasteiger partial charge in [0.1, 0.15) is 5.82 Å². The monoisotopic (exact) mass is 227 g/mol. The molecule has 0 atom stereocenters. The van der Waals surface area contributed by atoms with Crippen LogP contribution in [0.4, 0.5) is 10.1 Å². The smallest absolute Gasteiger partial charge is 0.126 e. The Morgan fingerprint density at radius 1 is 1.33 bits per heavy atom. The lowest BCUT2D eigenvalue weighted by Crippen LogP contribution is -1.90. The van der Waals surface area contributed by atoms with E-state index in [2.05, 4.69) is 13.8 Å². The first-order valence-electron chi connectivity index (χ1n) is 5.27. The molecule has 0 aliphatic carbocycles. The molecule has 0 spiro atoms. The number of rotatable bonds is 5. The third-order valence-corrected chi connectivity index (χ3v) is 3.15. The topological polar surface area (TPSA) is 26.0 Å². The highest BCUT2D eigenvalue weighted by Gasteiger charge is 2.00. The Hall–Kier alpha value is -0.700. The van der Waals surface area contributed by atoms with Crippen molar-refractivity contribution in [3.05, 3.63) is 24.0 Å². The molecular weight excluding hydrogens is 209 g/mol. The van der Waals surface area contributed by atoms with Gasteiger partial charge in [-0.15, -0.1) is 11.8 Å². The van der Waals surface area contributed by atoms with Crippen LogP contribution in [-0.4, -0.2) is 5.75 Å². The summed E-state index contributed by atoms with van der Waals surface area (Å²) in [6, 6.07) is 4.71. The second-order valence-electron chi connectivity index (χ2n) is 4.10. The molecule has 0 amide bonds. The average molecular weight is 227 g/mol. The number of nitrogens with two attached hydrogens (primary N) is 1. The van der Waals surface area contributed by atoms with E-state index in [1.165, 1.54) is 25.0 Å². The van der Waals surface area contributed by atoms with E-state index in [1.807, 2.05) is 6.07 Å². The van der Waals surface area contributed by atoms with Gasteiger partial charge >= 0.3 is 0 Å². The Morgan fingerprint density at radius 3 is 2.67 bits per heavy atom. The predicted molar refractivity (Wildman–Crippen MR) is 65.6 cm³/mol. The molecule has 15 heavy (non-hydrogen) atoms. The summed E-state index contributed by atoms with van der Waals surface area (Å²) in [5, 5.41) is 0. The van der Waals surface area contributed by atoms with E-state index in [1.54, 1.807) is 11.8 Å². The molecule has 1 aromatic rings. The molecule has 2 N–H and O–H groups in total. The van der Waals surface area contributed by atoms with Crippen LogP contribution in [0.15, 0.2) is 23.1 Å². The highest BCUT2D eigenvalue weighted by Crippen LogP contribution is 2.23. The van der Waals surface area contributed by atoms with Crippen LogP contribution < -0.4 is 5.73 Å². The van der Waals surface area contributed by atoms with Gasteiger partial charge in [0.05, 0.1) is 0 Å². The van der Waals surface area contributed by atoms with Crippen LogP contribution in [0.1, 0.15) is 26.7 Å². The number of hydrogen-bond acceptors (Lipinski definition) is 2. The van der Waals surface area contributed by atoms with Crippen LogP contribution in [-0.2, 0) is 0 Å². The Balaban J connectivity index is 2.37. The highest BCUT2D eigenvalue weighted by atomic mass is 32.2. The van der Waals surface area contributed by atoms with Crippen LogP contribution in [0.2, 0.25) is 0 Å². The summed E-state index contributed by atoms with van der Waals surface area (Å²) in [5.41, 5.74) is 6.06. The Kier molecular flexibility index (Phi) is 4.95. The molecule has 0 fully saturated rings. The van der Waals surface area contributed by atoms with Crippen molar-refractivity contribution in [3.8, 4) is 0 Å². The zero-order chi connectivity index (χ0) is 11.3. The maximum absolute atomic E-state index is 13.0. The van der Waals surface area contributed by atoms with Gasteiger partial charge in [-0.25, -0.2) is 4.39 Å². The van der Waals surface area contributed by atoms with E-state index in [-0.39, 0.29) is 5.82 Å². The summed E-state index contributed by atoms with van der Waals surface area (Å²) in [6.45, 7) is 4.43. The molecule has 0 saturated heterocycles. The minimum absolute atomic E-state index is 0.249. The summed E-state index contributed by atoms with van der Waals surface area (Å²) in [7, 11) is 0. The number of benzene rings is 1. The first-order valence-corrected chi connectivity index (χ1v) is 6.25. The average Bonchev–Trinajstić information content (AvgIpc) is 2.10. The van der Waals surface area contributed by atoms with Gasteiger partial charge in [-0.05, 0) is 36.3 Å². The summed E-state index contributed by atoms with van der Waals surface area (Å²) >= 11 is 1.67. The normalized spacial score (nSPS) is 10.9. The van der Waals surface area contributed by atoms with Crippen molar-refractivity contribution in [2.75, 3.05) is 11.5 Å². The number of thioether (sulfide) groups is 1. The van der Waals surface area contributed by atoms with Crippen LogP contribution in [0.5, 0.6) is 0 Å². The molecule has 0 bridgehead atoms. The van der Waals surface area contributed by atoms with Crippen molar-refractivity contribution in [1.82, 2.24) is 0 Å². The van der Waals surface area contributed by atoms with Crippen molar-refractivity contribution in [2.45, 2.75) is 31.6 Å². The molecule has 0 unspecified atom stereocenters. The lowest BCUT2D eigenvalue weighted by Gasteiger charge is -2.05. The Labute approximate surface area is 95.2 Å². The van der Waals surface area contributed by atoms with Crippen LogP contribution in [0.3, 0.4) is 0 Å². The molecule has 84 valence electrons. The molecule has 0 heterocycles. The van der Waals surface area contributed by atoms with Crippen molar-refractivity contribution in [1.29, 1.82) is 0 Å². The van der Waals surface area contributed by atoms with E-state index in [4.69, 9.17) is 5.73 Å². The number of halogens is 1. The maximum atomic E-state index is 13.0. The molecule has 0 aromatic heterocycles. The quantitative estimate of drug-likeness (QED) is 0.468. The van der Waals surface area contributed by atoms with E-state index >= 15 is 0 Å². The van der Waals surface area contributed by atoms with Crippen LogP contribution in [0.25, 0.3) is 0 Å². The SMILES string of the molecule is CC(C)CCCSc1cc(N)cc(F)c1. The minimum atomic E-state index is -0.249. The maximum Gasteiger partial charge on any atom is 0.126 e. The zero-order valence-corrected chi connectivity index (χ0v) is 10.1. The van der Waals surface area contributed by atoms with E-state index in [0.717, 1.165) is 16.6 Å². The number of nitrogen functional groups attached to an aromatic ring is 1. The molecule has 0 aliphatic heterocycles. The fourth-order valence-electron chi connectivity index (χ4n) is 1.35. The molecule has 3 heteroatoms. The summed E-state index contributed by atoms with van der Waals surface area (Å²) < 4.78 is 13.0. The van der Waals surface area contributed by atoms with Gasteiger partial charge in [-0.3, -0.25) is 0 Å². The van der Waals surface area contributed by atoms with Crippen LogP contribution in [0, 0.1) is 11.7 Å². The largest absolute Gasteiger partial charge is 0.399 e. The standard InChI is InChI=1S/C12H18FNS/c1-9(2)4-3-5-15-12-7-10(13)6-11(14)8-12/h6-9H,3-5,14H2,1-2H3. The molecule has 1 nitrogen and oxygen atoms in total. The minimum Gasteiger partial charge on any atom is -0.399 e. The number of anilines is 1. The van der Waals surface area contributed by atoms with Gasteiger partial charge in [0.25, 0.3) is 0 Å². The zero-order valence-electron chi connectivity index (χ0n) is 9.29. The third-order valence-electron chi connectivity index (χ3n) is 2.09. The summed E-state index contributed by atoms with van der Waals surface area (Å²) in [5.74, 6) is 1.52. The summed E-state index contributed by atoms with van der Waals surface area (Å²) in [4.78, 5) is 0.927. The third kappa shape index (κ3) is 5.07. The lowest BCUT2D eigenvalue weighted by molar-refractivity contribution is 0.579. The Bertz CT molecular complexity index is 292. The first-order chi connectivity index (χ1) is 7.08. The van der Waals surface area contributed by atoms with Crippen LogP contribution >= 0.6 is 11.8 Å². The Morgan fingerprint density at radius 2 is 2.07 bits per heavy atom. The molecular formula is C12H18FNS. The van der Waals surface area contributed by atoms with E-state index in [0.29, 0.717) is 5.69 Å². The molecule has 0 radical (unpaired) electrons. The second-order valence-corrected chi connectivity index (χ2v) is 5.27. The molecule has 0 aliphatic rings. The second kappa shape index (κ2) is 6.01. The van der Waals surface area contributed by atoms with Gasteiger partial charge in [-0.1, -0.05) is 20.3 Å². The van der Waals surface area contributed by atoms with Gasteiger partial charge in [0.2, 0.25) is 0 Å². The highest BCUT2D eigenvalue weighted by molar-refractivity contribution is 7.99. The van der Waals surface area contributed by atoms with Gasteiger partial charge in [0.15, 0.2) is 0 Å². The van der Waals surface area contributed by atoms with Gasteiger partial charge < -0.3 is 5.73 Å². The summed E-state index contributed by atoms with van der Waals surface area (Å²) in [6.07, 6.45) is 2.39. The van der Waals surface area contributed by atoms with Crippen molar-refractivity contribution in [2.24, 2.45) is 5.92 Å². The fraction of sp³-hybridized carbons (Fsp3) is 0.500. The van der Waals surface area contributed by atoms with E-state index < -0.39 is 0 Å². The molecule has 1 aromatic carbocycles. The molecule has 0 saturated carbocycles. The van der Waals surface area contributed by atoms with Crippen molar-refractivity contribution >= 4 is 17.4 Å².